The molecule has 0 bridgehead atoms. The van der Waals surface area contributed by atoms with Crippen molar-refractivity contribution in [2.24, 2.45) is 0 Å². The minimum absolute atomic E-state index is 0.0454. The predicted octanol–water partition coefficient (Wildman–Crippen LogP) is 2.10. The maximum Gasteiger partial charge on any atom is 0.323 e. The number of aromatic nitrogens is 2. The smallest absolute Gasteiger partial charge is 0.306 e. The van der Waals surface area contributed by atoms with Gasteiger partial charge in [-0.1, -0.05) is 0 Å². The number of anilines is 1. The molecule has 2 aromatic carbocycles. The van der Waals surface area contributed by atoms with E-state index in [1.165, 1.54) is 18.2 Å². The first kappa shape index (κ1) is 14.3. The van der Waals surface area contributed by atoms with Gasteiger partial charge in [0.2, 0.25) is 0 Å². The van der Waals surface area contributed by atoms with Crippen LogP contribution in [0.3, 0.4) is 0 Å². The molecule has 1 heterocycles. The van der Waals surface area contributed by atoms with Gasteiger partial charge in [-0.15, -0.1) is 0 Å². The molecular formula is C14H12FN3O3S. The third-order valence-electron chi connectivity index (χ3n) is 3.23. The summed E-state index contributed by atoms with van der Waals surface area (Å²) in [5, 5.41) is 0. The van der Waals surface area contributed by atoms with Gasteiger partial charge in [-0.05, 0) is 48.9 Å². The Balaban J connectivity index is 2.03. The van der Waals surface area contributed by atoms with Crippen molar-refractivity contribution in [3.63, 3.8) is 0 Å². The second-order valence-electron chi connectivity index (χ2n) is 4.85. The summed E-state index contributed by atoms with van der Waals surface area (Å²) in [6.45, 7) is 1.72. The zero-order valence-electron chi connectivity index (χ0n) is 11.5. The Kier molecular flexibility index (Phi) is 3.25. The fraction of sp³-hybridized carbons (Fsp3) is 0.0714. The number of imidazole rings is 1. The van der Waals surface area contributed by atoms with Crippen LogP contribution in [-0.2, 0) is 10.0 Å². The molecule has 0 radical (unpaired) electrons. The molecule has 0 atom stereocenters. The first-order chi connectivity index (χ1) is 10.3. The third-order valence-corrected chi connectivity index (χ3v) is 4.61. The van der Waals surface area contributed by atoms with Gasteiger partial charge in [-0.3, -0.25) is 4.72 Å². The van der Waals surface area contributed by atoms with Crippen LogP contribution in [0.15, 0.2) is 46.1 Å². The molecule has 0 aliphatic heterocycles. The number of H-pyrrole nitrogens is 2. The summed E-state index contributed by atoms with van der Waals surface area (Å²) < 4.78 is 39.9. The summed E-state index contributed by atoms with van der Waals surface area (Å²) in [6.07, 6.45) is 0. The average molecular weight is 321 g/mol. The molecule has 114 valence electrons. The quantitative estimate of drug-likeness (QED) is 0.689. The number of hydrogen-bond donors (Lipinski definition) is 3. The maximum absolute atomic E-state index is 12.9. The van der Waals surface area contributed by atoms with Crippen LogP contribution in [-0.4, -0.2) is 18.4 Å². The van der Waals surface area contributed by atoms with E-state index in [4.69, 9.17) is 0 Å². The number of aromatic amines is 2. The minimum Gasteiger partial charge on any atom is -0.306 e. The molecule has 0 saturated carbocycles. The van der Waals surface area contributed by atoms with Crippen molar-refractivity contribution in [2.75, 3.05) is 4.72 Å². The normalized spacial score (nSPS) is 11.7. The minimum atomic E-state index is -3.83. The number of benzene rings is 2. The van der Waals surface area contributed by atoms with E-state index < -0.39 is 15.8 Å². The fourth-order valence-electron chi connectivity index (χ4n) is 2.12. The van der Waals surface area contributed by atoms with Gasteiger partial charge in [0.1, 0.15) is 5.82 Å². The number of fused-ring (bicyclic) bond motifs is 1. The number of rotatable bonds is 3. The highest BCUT2D eigenvalue weighted by Gasteiger charge is 2.16. The highest BCUT2D eigenvalue weighted by atomic mass is 32.2. The van der Waals surface area contributed by atoms with Crippen LogP contribution < -0.4 is 10.4 Å². The van der Waals surface area contributed by atoms with Crippen LogP contribution in [0.4, 0.5) is 10.1 Å². The summed E-state index contributed by atoms with van der Waals surface area (Å²) in [7, 11) is -3.83. The van der Waals surface area contributed by atoms with Crippen molar-refractivity contribution in [2.45, 2.75) is 11.8 Å². The Hall–Kier alpha value is -2.61. The molecule has 0 unspecified atom stereocenters. The van der Waals surface area contributed by atoms with Gasteiger partial charge in [0, 0.05) is 0 Å². The molecule has 3 N–H and O–H groups in total. The lowest BCUT2D eigenvalue weighted by atomic mass is 10.2. The van der Waals surface area contributed by atoms with Crippen LogP contribution in [0.2, 0.25) is 0 Å². The first-order valence-corrected chi connectivity index (χ1v) is 7.84. The fourth-order valence-corrected chi connectivity index (χ4v) is 3.24. The molecule has 0 amide bonds. The van der Waals surface area contributed by atoms with E-state index >= 15 is 0 Å². The topological polar surface area (TPSA) is 94.8 Å². The highest BCUT2D eigenvalue weighted by molar-refractivity contribution is 7.92. The molecule has 0 aliphatic rings. The van der Waals surface area contributed by atoms with Crippen LogP contribution >= 0.6 is 0 Å². The van der Waals surface area contributed by atoms with Gasteiger partial charge in [-0.2, -0.15) is 0 Å². The molecule has 0 fully saturated rings. The first-order valence-electron chi connectivity index (χ1n) is 6.36. The number of hydrogen-bond acceptors (Lipinski definition) is 3. The Morgan fingerprint density at radius 2 is 1.64 bits per heavy atom. The van der Waals surface area contributed by atoms with Crippen LogP contribution in [0.1, 0.15) is 5.56 Å². The van der Waals surface area contributed by atoms with Gasteiger partial charge in [0.05, 0.1) is 21.6 Å². The monoisotopic (exact) mass is 321 g/mol. The molecular weight excluding hydrogens is 309 g/mol. The second-order valence-corrected chi connectivity index (χ2v) is 6.53. The Bertz CT molecular complexity index is 1000. The van der Waals surface area contributed by atoms with Crippen molar-refractivity contribution in [1.82, 2.24) is 9.97 Å². The third kappa shape index (κ3) is 2.60. The molecule has 0 aliphatic carbocycles. The molecule has 0 saturated heterocycles. The second kappa shape index (κ2) is 4.99. The van der Waals surface area contributed by atoms with Crippen LogP contribution in [0.5, 0.6) is 0 Å². The maximum atomic E-state index is 12.9. The van der Waals surface area contributed by atoms with E-state index in [9.17, 15) is 17.6 Å². The number of aryl methyl sites for hydroxylation is 1. The van der Waals surface area contributed by atoms with Gasteiger partial charge >= 0.3 is 5.69 Å². The van der Waals surface area contributed by atoms with Gasteiger partial charge < -0.3 is 9.97 Å². The molecule has 6 nitrogen and oxygen atoms in total. The van der Waals surface area contributed by atoms with E-state index in [2.05, 4.69) is 14.7 Å². The van der Waals surface area contributed by atoms with Crippen molar-refractivity contribution < 1.29 is 12.8 Å². The van der Waals surface area contributed by atoms with Crippen LogP contribution in [0, 0.1) is 12.7 Å². The summed E-state index contributed by atoms with van der Waals surface area (Å²) >= 11 is 0. The summed E-state index contributed by atoms with van der Waals surface area (Å²) in [5.74, 6) is -0.513. The molecule has 3 aromatic rings. The van der Waals surface area contributed by atoms with E-state index in [0.29, 0.717) is 22.3 Å². The summed E-state index contributed by atoms with van der Waals surface area (Å²) in [6, 6.07) is 7.72. The molecule has 0 spiro atoms. The van der Waals surface area contributed by atoms with Crippen molar-refractivity contribution in [1.29, 1.82) is 0 Å². The zero-order valence-corrected chi connectivity index (χ0v) is 12.3. The Labute approximate surface area is 125 Å². The lowest BCUT2D eigenvalue weighted by molar-refractivity contribution is 0.599. The highest BCUT2D eigenvalue weighted by Crippen LogP contribution is 2.23. The van der Waals surface area contributed by atoms with Gasteiger partial charge in [0.15, 0.2) is 0 Å². The Morgan fingerprint density at radius 3 is 2.27 bits per heavy atom. The lowest BCUT2D eigenvalue weighted by Crippen LogP contribution is -2.13. The molecule has 1 aromatic heterocycles. The van der Waals surface area contributed by atoms with Crippen LogP contribution in [0.25, 0.3) is 11.0 Å². The SMILES string of the molecule is Cc1cc2[nH]c(=O)[nH]c2cc1NS(=O)(=O)c1ccc(F)cc1. The number of nitrogens with one attached hydrogen (secondary N) is 3. The molecule has 8 heteroatoms. The largest absolute Gasteiger partial charge is 0.323 e. The standard InChI is InChI=1S/C14H12FN3O3S/c1-8-6-12-13(17-14(19)16-12)7-11(8)18-22(20,21)10-4-2-9(15)3-5-10/h2-7,18H,1H3,(H2,16,17,19). The van der Waals surface area contributed by atoms with Crippen molar-refractivity contribution in [3.8, 4) is 0 Å². The summed E-state index contributed by atoms with van der Waals surface area (Å²) in [5.41, 5.74) is 1.70. The van der Waals surface area contributed by atoms with Gasteiger partial charge in [0.25, 0.3) is 10.0 Å². The number of sulfonamides is 1. The van der Waals surface area contributed by atoms with Gasteiger partial charge in [-0.25, -0.2) is 17.6 Å². The van der Waals surface area contributed by atoms with E-state index in [1.54, 1.807) is 13.0 Å². The molecule has 3 rings (SSSR count). The predicted molar refractivity (Wildman–Crippen MR) is 80.9 cm³/mol. The lowest BCUT2D eigenvalue weighted by Gasteiger charge is -2.10. The summed E-state index contributed by atoms with van der Waals surface area (Å²) in [4.78, 5) is 16.4. The van der Waals surface area contributed by atoms with Crippen molar-refractivity contribution in [3.05, 3.63) is 58.3 Å². The van der Waals surface area contributed by atoms with E-state index in [1.807, 2.05) is 0 Å². The van der Waals surface area contributed by atoms with E-state index in [0.717, 1.165) is 12.1 Å². The Morgan fingerprint density at radius 1 is 1.05 bits per heavy atom. The van der Waals surface area contributed by atoms with Crippen molar-refractivity contribution >= 4 is 26.7 Å². The molecule has 22 heavy (non-hydrogen) atoms. The average Bonchev–Trinajstić information content (AvgIpc) is 2.78. The zero-order chi connectivity index (χ0) is 15.9. The number of halogens is 1. The van der Waals surface area contributed by atoms with E-state index in [-0.39, 0.29) is 10.6 Å².